The fraction of sp³-hybridized carbons (Fsp3) is 0.684. The van der Waals surface area contributed by atoms with Crippen molar-refractivity contribution >= 4 is 83.8 Å². The van der Waals surface area contributed by atoms with Gasteiger partial charge in [0.15, 0.2) is 5.96 Å². The number of aliphatic imine (C=N–C) groups is 1. The summed E-state index contributed by atoms with van der Waals surface area (Å²) in [5.41, 5.74) is 16.5. The van der Waals surface area contributed by atoms with Crippen LogP contribution in [-0.2, 0) is 52.7 Å². The van der Waals surface area contributed by atoms with Crippen molar-refractivity contribution in [1.29, 1.82) is 0 Å². The van der Waals surface area contributed by atoms with Crippen molar-refractivity contribution in [2.75, 3.05) is 31.9 Å². The third-order valence-corrected chi connectivity index (χ3v) is 10.8. The first kappa shape index (κ1) is 54.9. The van der Waals surface area contributed by atoms with Gasteiger partial charge in [0, 0.05) is 31.8 Å². The molecule has 2 rings (SSSR count). The topological polar surface area (TPSA) is 418 Å². The molecule has 2 fully saturated rings. The molecule has 0 aromatic rings. The maximum atomic E-state index is 14.1. The Morgan fingerprint density at radius 2 is 1.25 bits per heavy atom. The SMILES string of the molecule is CC(C)[C@H](NC(=O)[C@@H]1CCCN1C(=O)[C@H](CCCN=C(N)N)NC(=O)[C@H](CC(=O)O)NC(=O)[C@@H](N)CS)C(=O)N[C@@H](C)C(=O)N1CCC[C@H]1C(=O)N[C@@H](CCC(=O)O)C(=O)NCC(=O)O. The number of aliphatic carboxylic acids is 3. The molecule has 8 amide bonds. The maximum Gasteiger partial charge on any atom is 0.322 e. The van der Waals surface area contributed by atoms with Crippen LogP contribution in [0.25, 0.3) is 0 Å². The molecule has 8 atom stereocenters. The number of nitrogens with two attached hydrogens (primary N) is 3. The molecule has 0 bridgehead atoms. The van der Waals surface area contributed by atoms with E-state index in [4.69, 9.17) is 27.4 Å². The molecule has 15 N–H and O–H groups in total. The summed E-state index contributed by atoms with van der Waals surface area (Å²) in [7, 11) is 0. The summed E-state index contributed by atoms with van der Waals surface area (Å²) < 4.78 is 0. The second-order valence-electron chi connectivity index (χ2n) is 15.9. The summed E-state index contributed by atoms with van der Waals surface area (Å²) >= 11 is 3.94. The van der Waals surface area contributed by atoms with Gasteiger partial charge in [-0.25, -0.2) is 0 Å². The summed E-state index contributed by atoms with van der Waals surface area (Å²) in [5.74, 6) is -11.5. The highest BCUT2D eigenvalue weighted by Gasteiger charge is 2.42. The number of thiol groups is 1. The number of guanidine groups is 1. The molecule has 2 heterocycles. The molecule has 0 radical (unpaired) electrons. The normalized spacial score (nSPS) is 18.4. The Morgan fingerprint density at radius 1 is 0.677 bits per heavy atom. The van der Waals surface area contributed by atoms with Crippen LogP contribution in [0.15, 0.2) is 4.99 Å². The minimum atomic E-state index is -1.64. The zero-order chi connectivity index (χ0) is 49.1. The molecule has 0 saturated carbocycles. The van der Waals surface area contributed by atoms with E-state index >= 15 is 0 Å². The maximum absolute atomic E-state index is 14.1. The van der Waals surface area contributed by atoms with E-state index in [0.717, 1.165) is 0 Å². The summed E-state index contributed by atoms with van der Waals surface area (Å²) in [6.07, 6.45) is -0.655. The van der Waals surface area contributed by atoms with Gasteiger partial charge in [-0.2, -0.15) is 12.6 Å². The number of carboxylic acid groups (broad SMARTS) is 3. The molecule has 27 heteroatoms. The lowest BCUT2D eigenvalue weighted by molar-refractivity contribution is -0.144. The monoisotopic (exact) mass is 942 g/mol. The zero-order valence-electron chi connectivity index (χ0n) is 36.4. The number of likely N-dealkylation sites (tertiary alicyclic amines) is 2. The van der Waals surface area contributed by atoms with Crippen LogP contribution in [0.2, 0.25) is 0 Å². The van der Waals surface area contributed by atoms with E-state index in [1.807, 2.05) is 0 Å². The number of nitrogens with one attached hydrogen (secondary N) is 6. The van der Waals surface area contributed by atoms with E-state index < -0.39 is 139 Å². The highest BCUT2D eigenvalue weighted by atomic mass is 32.1. The Morgan fingerprint density at radius 3 is 1.77 bits per heavy atom. The lowest BCUT2D eigenvalue weighted by Crippen LogP contribution is -2.60. The fourth-order valence-electron chi connectivity index (χ4n) is 7.07. The molecule has 0 aliphatic carbocycles. The van der Waals surface area contributed by atoms with Crippen molar-refractivity contribution in [3.8, 4) is 0 Å². The Kier molecular flexibility index (Phi) is 22.4. The number of carbonyl (C=O) groups is 11. The number of carboxylic acids is 3. The average Bonchev–Trinajstić information content (AvgIpc) is 3.94. The molecule has 65 heavy (non-hydrogen) atoms. The molecule has 2 aliphatic heterocycles. The number of hydrogen-bond donors (Lipinski definition) is 13. The summed E-state index contributed by atoms with van der Waals surface area (Å²) in [4.78, 5) is 147. The number of amides is 8. The number of carbonyl (C=O) groups excluding carboxylic acids is 8. The molecule has 0 aromatic heterocycles. The van der Waals surface area contributed by atoms with Crippen LogP contribution < -0.4 is 49.1 Å². The van der Waals surface area contributed by atoms with E-state index in [0.29, 0.717) is 12.8 Å². The zero-order valence-corrected chi connectivity index (χ0v) is 37.3. The molecule has 2 aliphatic rings. The highest BCUT2D eigenvalue weighted by Crippen LogP contribution is 2.22. The first-order valence-electron chi connectivity index (χ1n) is 21.0. The minimum Gasteiger partial charge on any atom is -0.481 e. The Balaban J connectivity index is 2.22. The van der Waals surface area contributed by atoms with Gasteiger partial charge >= 0.3 is 17.9 Å². The van der Waals surface area contributed by atoms with Crippen LogP contribution >= 0.6 is 12.6 Å². The summed E-state index contributed by atoms with van der Waals surface area (Å²) in [6.45, 7) is 4.02. The Labute approximate surface area is 379 Å². The predicted molar refractivity (Wildman–Crippen MR) is 231 cm³/mol. The van der Waals surface area contributed by atoms with Gasteiger partial charge in [-0.1, -0.05) is 13.8 Å². The first-order valence-corrected chi connectivity index (χ1v) is 21.6. The molecule has 26 nitrogen and oxygen atoms in total. The van der Waals surface area contributed by atoms with Gasteiger partial charge in [0.1, 0.15) is 48.8 Å². The van der Waals surface area contributed by atoms with Gasteiger partial charge < -0.3 is 74.2 Å². The van der Waals surface area contributed by atoms with Crippen LogP contribution in [0.3, 0.4) is 0 Å². The van der Waals surface area contributed by atoms with Gasteiger partial charge in [0.25, 0.3) is 0 Å². The van der Waals surface area contributed by atoms with Crippen LogP contribution in [0.5, 0.6) is 0 Å². The van der Waals surface area contributed by atoms with Crippen molar-refractivity contribution in [1.82, 2.24) is 41.7 Å². The molecule has 2 saturated heterocycles. The van der Waals surface area contributed by atoms with E-state index in [1.165, 1.54) is 16.7 Å². The van der Waals surface area contributed by atoms with Crippen molar-refractivity contribution in [3.05, 3.63) is 0 Å². The fourth-order valence-corrected chi connectivity index (χ4v) is 7.24. The quantitative estimate of drug-likeness (QED) is 0.0167. The van der Waals surface area contributed by atoms with Gasteiger partial charge in [0.05, 0.1) is 12.5 Å². The van der Waals surface area contributed by atoms with E-state index in [2.05, 4.69) is 49.5 Å². The molecule has 364 valence electrons. The van der Waals surface area contributed by atoms with Gasteiger partial charge in [-0.3, -0.25) is 57.7 Å². The number of nitrogens with zero attached hydrogens (tertiary/aromatic N) is 3. The molecule has 0 unspecified atom stereocenters. The van der Waals surface area contributed by atoms with E-state index in [9.17, 15) is 57.8 Å². The smallest absolute Gasteiger partial charge is 0.322 e. The van der Waals surface area contributed by atoms with Crippen molar-refractivity contribution < 1.29 is 68.1 Å². The predicted octanol–water partition coefficient (Wildman–Crippen LogP) is -5.08. The number of hydrogen-bond acceptors (Lipinski definition) is 14. The number of rotatable bonds is 26. The van der Waals surface area contributed by atoms with Crippen molar-refractivity contribution in [2.24, 2.45) is 28.1 Å². The van der Waals surface area contributed by atoms with Gasteiger partial charge in [0.2, 0.25) is 47.3 Å². The molecule has 0 spiro atoms. The second-order valence-corrected chi connectivity index (χ2v) is 16.3. The molecule has 0 aromatic carbocycles. The summed E-state index contributed by atoms with van der Waals surface area (Å²) in [6, 6.07) is -10.3. The lowest BCUT2D eigenvalue weighted by atomic mass is 10.0. The van der Waals surface area contributed by atoms with Gasteiger partial charge in [-0.05, 0) is 57.8 Å². The largest absolute Gasteiger partial charge is 0.481 e. The Bertz CT molecular complexity index is 1810. The van der Waals surface area contributed by atoms with E-state index in [-0.39, 0.29) is 63.5 Å². The van der Waals surface area contributed by atoms with Crippen molar-refractivity contribution in [2.45, 2.75) is 127 Å². The standard InChI is InChI=1S/C38H62N12O14S/c1-18(2)29(35(62)44-19(3)36(63)49-13-5-8-24(49)33(60)45-21(10-11-26(51)52)31(58)43-16-28(55)56)48-34(61)25-9-6-14-50(25)37(64)22(7-4-12-42-38(40)41)46-32(59)23(15-27(53)54)47-30(57)20(39)17-65/h18-25,29,65H,4-17,39H2,1-3H3,(H,43,58)(H,44,62)(H,45,60)(H,46,59)(H,47,57)(H,48,61)(H,51,52)(H,53,54)(H,55,56)(H4,40,41,42)/t19-,20-,21-,22-,23-,24-,25-,29-/m0/s1. The average molecular weight is 943 g/mol. The molecular formula is C38H62N12O14S. The van der Waals surface area contributed by atoms with Crippen molar-refractivity contribution in [3.63, 3.8) is 0 Å². The lowest BCUT2D eigenvalue weighted by Gasteiger charge is -2.32. The summed E-state index contributed by atoms with van der Waals surface area (Å²) in [5, 5.41) is 42.0. The van der Waals surface area contributed by atoms with Crippen LogP contribution in [0, 0.1) is 5.92 Å². The van der Waals surface area contributed by atoms with Crippen LogP contribution in [0.4, 0.5) is 0 Å². The first-order chi connectivity index (χ1) is 30.5. The third kappa shape index (κ3) is 17.7. The van der Waals surface area contributed by atoms with E-state index in [1.54, 1.807) is 13.8 Å². The molecular weight excluding hydrogens is 881 g/mol. The second kappa shape index (κ2) is 26.5. The van der Waals surface area contributed by atoms with Crippen LogP contribution in [-0.4, -0.2) is 177 Å². The third-order valence-electron chi connectivity index (χ3n) is 10.5. The highest BCUT2D eigenvalue weighted by molar-refractivity contribution is 7.80. The minimum absolute atomic E-state index is 0.0413. The Hall–Kier alpha value is -6.25. The van der Waals surface area contributed by atoms with Crippen LogP contribution in [0.1, 0.15) is 78.6 Å². The van der Waals surface area contributed by atoms with Gasteiger partial charge in [-0.15, -0.1) is 0 Å².